The second kappa shape index (κ2) is 6.17. The average Bonchev–Trinajstić information content (AvgIpc) is 2.88. The van der Waals surface area contributed by atoms with Gasteiger partial charge >= 0.3 is 148 Å². The predicted octanol–water partition coefficient (Wildman–Crippen LogP) is 6.50. The SMILES string of the molecule is C[Si](C)(C[C]1([Ti]([CH3])([CH3])[CH3])C=CC2=C1CCCC2)c1ccccc1. The molecule has 2 heteroatoms. The van der Waals surface area contributed by atoms with Gasteiger partial charge in [-0.15, -0.1) is 0 Å². The van der Waals surface area contributed by atoms with Crippen molar-refractivity contribution in [3.05, 3.63) is 53.6 Å². The van der Waals surface area contributed by atoms with Crippen LogP contribution in [0.4, 0.5) is 0 Å². The molecule has 0 radical (unpaired) electrons. The second-order valence-electron chi connectivity index (χ2n) is 9.19. The molecule has 0 fully saturated rings. The summed E-state index contributed by atoms with van der Waals surface area (Å²) in [7, 11) is -1.44. The van der Waals surface area contributed by atoms with Crippen molar-refractivity contribution < 1.29 is 16.6 Å². The summed E-state index contributed by atoms with van der Waals surface area (Å²) in [4.78, 5) is 0. The first-order chi connectivity index (χ1) is 10.8. The standard InChI is InChI=1S/C18H23Si.3CH3.Ti/c1-19(2,17-9-4-3-5-10-17)14-16-13-12-15-8-6-7-11-18(15)16;;;;/h3-5,9-10,12-13H,6-8,11,14H2,1-2H3;3*1H3;. The Balaban J connectivity index is 2.03. The van der Waals surface area contributed by atoms with Crippen molar-refractivity contribution in [2.45, 2.75) is 64.2 Å². The summed E-state index contributed by atoms with van der Waals surface area (Å²) in [6, 6.07) is 12.8. The van der Waals surface area contributed by atoms with E-state index in [1.165, 1.54) is 31.7 Å². The first-order valence-electron chi connectivity index (χ1n) is 9.24. The first kappa shape index (κ1) is 17.5. The molecular formula is C21H32SiTi. The molecule has 0 aromatic heterocycles. The fourth-order valence-electron chi connectivity index (χ4n) is 4.79. The van der Waals surface area contributed by atoms with Gasteiger partial charge in [0.1, 0.15) is 0 Å². The van der Waals surface area contributed by atoms with Crippen molar-refractivity contribution >= 4 is 13.3 Å². The third-order valence-electron chi connectivity index (χ3n) is 6.23. The summed E-state index contributed by atoms with van der Waals surface area (Å²) in [6.45, 7) is 5.18. The van der Waals surface area contributed by atoms with Gasteiger partial charge in [-0.2, -0.15) is 0 Å². The van der Waals surface area contributed by atoms with Gasteiger partial charge in [-0.25, -0.2) is 0 Å². The molecule has 0 saturated carbocycles. The molecule has 2 aliphatic rings. The Bertz CT molecular complexity index is 634. The zero-order valence-electron chi connectivity index (χ0n) is 15.6. The Labute approximate surface area is 147 Å². The van der Waals surface area contributed by atoms with Gasteiger partial charge in [-0.1, -0.05) is 0 Å². The minimum absolute atomic E-state index is 0.460. The first-order valence-corrected chi connectivity index (χ1v) is 17.9. The van der Waals surface area contributed by atoms with E-state index >= 15 is 0 Å². The third kappa shape index (κ3) is 3.13. The predicted molar refractivity (Wildman–Crippen MR) is 103 cm³/mol. The van der Waals surface area contributed by atoms with Gasteiger partial charge in [-0.05, 0) is 0 Å². The molecule has 0 amide bonds. The molecule has 0 bridgehead atoms. The Hall–Kier alpha value is -0.369. The number of hydrogen-bond donors (Lipinski definition) is 0. The molecule has 2 aliphatic carbocycles. The maximum absolute atomic E-state index is 2.68. The average molecular weight is 360 g/mol. The van der Waals surface area contributed by atoms with E-state index in [4.69, 9.17) is 0 Å². The Morgan fingerprint density at radius 3 is 2.30 bits per heavy atom. The van der Waals surface area contributed by atoms with Crippen molar-refractivity contribution in [1.29, 1.82) is 0 Å². The van der Waals surface area contributed by atoms with Crippen molar-refractivity contribution in [2.75, 3.05) is 0 Å². The Kier molecular flexibility index (Phi) is 4.68. The van der Waals surface area contributed by atoms with Crippen LogP contribution >= 0.6 is 0 Å². The minimum atomic E-state index is -1.90. The number of allylic oxidation sites excluding steroid dienone is 4. The molecule has 0 nitrogen and oxygen atoms in total. The van der Waals surface area contributed by atoms with E-state index in [-0.39, 0.29) is 0 Å². The summed E-state index contributed by atoms with van der Waals surface area (Å²) >= 11 is -1.90. The quantitative estimate of drug-likeness (QED) is 0.538. The Morgan fingerprint density at radius 2 is 1.65 bits per heavy atom. The third-order valence-corrected chi connectivity index (χ3v) is 15.3. The van der Waals surface area contributed by atoms with E-state index in [0.29, 0.717) is 3.72 Å². The van der Waals surface area contributed by atoms with Crippen LogP contribution in [0.5, 0.6) is 0 Å². The molecule has 23 heavy (non-hydrogen) atoms. The summed E-state index contributed by atoms with van der Waals surface area (Å²) in [5.41, 5.74) is 3.59. The van der Waals surface area contributed by atoms with Crippen LogP contribution in [0, 0.1) is 0 Å². The van der Waals surface area contributed by atoms with Crippen molar-refractivity contribution in [3.8, 4) is 0 Å². The van der Waals surface area contributed by atoms with Crippen molar-refractivity contribution in [3.63, 3.8) is 0 Å². The van der Waals surface area contributed by atoms with Crippen LogP contribution in [0.15, 0.2) is 53.6 Å². The normalized spacial score (nSPS) is 24.9. The molecule has 1 aromatic rings. The topological polar surface area (TPSA) is 0 Å². The molecule has 0 saturated heterocycles. The van der Waals surface area contributed by atoms with Gasteiger partial charge in [-0.3, -0.25) is 0 Å². The number of rotatable bonds is 4. The van der Waals surface area contributed by atoms with Crippen LogP contribution in [0.1, 0.15) is 25.7 Å². The molecule has 124 valence electrons. The van der Waals surface area contributed by atoms with Gasteiger partial charge in [0, 0.05) is 0 Å². The molecule has 0 N–H and O–H groups in total. The second-order valence-corrected chi connectivity index (χ2v) is 22.3. The van der Waals surface area contributed by atoms with Crippen LogP contribution in [0.2, 0.25) is 38.5 Å². The molecule has 1 atom stereocenters. The van der Waals surface area contributed by atoms with Crippen LogP contribution < -0.4 is 5.19 Å². The summed E-state index contributed by atoms with van der Waals surface area (Å²) < 4.78 is 0.460. The number of hydrogen-bond acceptors (Lipinski definition) is 0. The van der Waals surface area contributed by atoms with Gasteiger partial charge in [0.2, 0.25) is 0 Å². The maximum atomic E-state index is 2.68. The van der Waals surface area contributed by atoms with Crippen LogP contribution in [-0.2, 0) is 16.6 Å². The van der Waals surface area contributed by atoms with Crippen molar-refractivity contribution in [1.82, 2.24) is 0 Å². The van der Waals surface area contributed by atoms with Crippen molar-refractivity contribution in [2.24, 2.45) is 0 Å². The monoisotopic (exact) mass is 360 g/mol. The molecule has 1 unspecified atom stereocenters. The zero-order valence-corrected chi connectivity index (χ0v) is 18.1. The van der Waals surface area contributed by atoms with E-state index < -0.39 is 24.7 Å². The molecule has 1 aromatic carbocycles. The van der Waals surface area contributed by atoms with Crippen LogP contribution in [0.25, 0.3) is 0 Å². The van der Waals surface area contributed by atoms with Crippen LogP contribution in [0.3, 0.4) is 0 Å². The summed E-state index contributed by atoms with van der Waals surface area (Å²) in [5, 5.41) is 9.56. The van der Waals surface area contributed by atoms with E-state index in [2.05, 4.69) is 71.3 Å². The summed E-state index contributed by atoms with van der Waals surface area (Å²) in [6.07, 6.45) is 10.7. The summed E-state index contributed by atoms with van der Waals surface area (Å²) in [5.74, 6) is 0. The van der Waals surface area contributed by atoms with Crippen LogP contribution in [-0.4, -0.2) is 8.07 Å². The number of benzene rings is 1. The Morgan fingerprint density at radius 1 is 1.00 bits per heavy atom. The van der Waals surface area contributed by atoms with E-state index in [0.717, 1.165) is 0 Å². The molecule has 0 spiro atoms. The van der Waals surface area contributed by atoms with Gasteiger partial charge in [0.25, 0.3) is 0 Å². The van der Waals surface area contributed by atoms with E-state index in [1.807, 2.05) is 5.57 Å². The molecule has 0 heterocycles. The molecule has 3 rings (SSSR count). The van der Waals surface area contributed by atoms with Gasteiger partial charge in [0.15, 0.2) is 0 Å². The van der Waals surface area contributed by atoms with Gasteiger partial charge < -0.3 is 0 Å². The van der Waals surface area contributed by atoms with E-state index in [9.17, 15) is 0 Å². The molecular weight excluding hydrogens is 328 g/mol. The molecule has 0 aliphatic heterocycles. The van der Waals surface area contributed by atoms with Gasteiger partial charge in [0.05, 0.1) is 0 Å². The van der Waals surface area contributed by atoms with E-state index in [1.54, 1.807) is 10.8 Å². The fourth-order valence-corrected chi connectivity index (χ4v) is 15.7. The fraction of sp³-hybridized carbons (Fsp3) is 0.524. The zero-order chi connectivity index (χ0) is 16.7.